The number of nitrogens with zero attached hydrogens (tertiary/aromatic N) is 1. The Morgan fingerprint density at radius 2 is 1.63 bits per heavy atom. The first-order valence-corrected chi connectivity index (χ1v) is 13.5. The van der Waals surface area contributed by atoms with Gasteiger partial charge in [0.1, 0.15) is 0 Å². The van der Waals surface area contributed by atoms with Crippen molar-refractivity contribution in [1.82, 2.24) is 0 Å². The van der Waals surface area contributed by atoms with E-state index in [1.165, 1.54) is 0 Å². The normalized spacial score (nSPS) is 15.7. The van der Waals surface area contributed by atoms with Gasteiger partial charge < -0.3 is 34.2 Å². The average Bonchev–Trinajstić information content (AvgIpc) is 3.33. The predicted octanol–water partition coefficient (Wildman–Crippen LogP) is 5.99. The molecule has 1 aliphatic rings. The molecule has 8 nitrogen and oxygen atoms in total. The van der Waals surface area contributed by atoms with Crippen LogP contribution in [0.1, 0.15) is 65.4 Å². The molecule has 208 valence electrons. The monoisotopic (exact) mass is 526 g/mol. The zero-order chi connectivity index (χ0) is 27.7. The third kappa shape index (κ3) is 6.05. The summed E-state index contributed by atoms with van der Waals surface area (Å²) in [5, 5.41) is 10.7. The molecule has 3 atom stereocenters. The van der Waals surface area contributed by atoms with E-state index in [2.05, 4.69) is 19.9 Å². The standard InChI is InChI=1S/C30H42N2O6/c1-7-20(4)30(19-31,16-12-13-21(32)17-26-37-23-14-10-11-15-24(23)38-26)22-18-25(35-8-2)28(33-5)29(34-6)27(22)36-9-3/h10-11,14-15,18,20-21,26H,7-9,12-13,16-17,32H2,1-6H3. The lowest BCUT2D eigenvalue weighted by molar-refractivity contribution is 0.0349. The summed E-state index contributed by atoms with van der Waals surface area (Å²) >= 11 is 0. The Labute approximate surface area is 226 Å². The third-order valence-corrected chi connectivity index (χ3v) is 7.29. The maximum Gasteiger partial charge on any atom is 0.243 e. The second kappa shape index (κ2) is 13.5. The Morgan fingerprint density at radius 1 is 1.00 bits per heavy atom. The zero-order valence-corrected chi connectivity index (χ0v) is 23.5. The van der Waals surface area contributed by atoms with E-state index >= 15 is 0 Å². The van der Waals surface area contributed by atoms with Crippen LogP contribution in [0.2, 0.25) is 0 Å². The molecular weight excluding hydrogens is 484 g/mol. The molecule has 0 aromatic heterocycles. The third-order valence-electron chi connectivity index (χ3n) is 7.29. The van der Waals surface area contributed by atoms with Gasteiger partial charge in [0.15, 0.2) is 23.0 Å². The van der Waals surface area contributed by atoms with Crippen molar-refractivity contribution in [2.24, 2.45) is 11.7 Å². The Kier molecular flexibility index (Phi) is 10.4. The maximum atomic E-state index is 10.7. The Bertz CT molecular complexity index is 1080. The number of hydrogen-bond acceptors (Lipinski definition) is 8. The van der Waals surface area contributed by atoms with Crippen LogP contribution in [0.5, 0.6) is 34.5 Å². The molecule has 3 rings (SSSR count). The molecular formula is C30H42N2O6. The highest BCUT2D eigenvalue weighted by Crippen LogP contribution is 2.53. The number of hydrogen-bond donors (Lipinski definition) is 1. The van der Waals surface area contributed by atoms with Crippen LogP contribution in [-0.4, -0.2) is 39.8 Å². The summed E-state index contributed by atoms with van der Waals surface area (Å²) in [7, 11) is 3.14. The van der Waals surface area contributed by atoms with Gasteiger partial charge >= 0.3 is 0 Å². The van der Waals surface area contributed by atoms with E-state index in [1.807, 2.05) is 44.2 Å². The molecule has 0 saturated heterocycles. The van der Waals surface area contributed by atoms with Crippen molar-refractivity contribution < 1.29 is 28.4 Å². The van der Waals surface area contributed by atoms with E-state index in [0.717, 1.165) is 36.3 Å². The quantitative estimate of drug-likeness (QED) is 0.302. The molecule has 2 aromatic carbocycles. The molecule has 0 fully saturated rings. The van der Waals surface area contributed by atoms with Gasteiger partial charge in [0.25, 0.3) is 0 Å². The molecule has 2 N–H and O–H groups in total. The van der Waals surface area contributed by atoms with E-state index in [9.17, 15) is 5.26 Å². The largest absolute Gasteiger partial charge is 0.490 e. The highest BCUT2D eigenvalue weighted by atomic mass is 16.7. The second-order valence-electron chi connectivity index (χ2n) is 9.58. The van der Waals surface area contributed by atoms with Gasteiger partial charge in [-0.3, -0.25) is 0 Å². The summed E-state index contributed by atoms with van der Waals surface area (Å²) in [5.41, 5.74) is 6.41. The van der Waals surface area contributed by atoms with E-state index < -0.39 is 11.7 Å². The molecule has 38 heavy (non-hydrogen) atoms. The van der Waals surface area contributed by atoms with Crippen molar-refractivity contribution in [3.8, 4) is 40.6 Å². The molecule has 3 unspecified atom stereocenters. The van der Waals surface area contributed by atoms with Gasteiger partial charge in [-0.1, -0.05) is 32.4 Å². The van der Waals surface area contributed by atoms with Crippen LogP contribution in [0, 0.1) is 17.2 Å². The lowest BCUT2D eigenvalue weighted by atomic mass is 9.67. The lowest BCUT2D eigenvalue weighted by Gasteiger charge is -2.35. The smallest absolute Gasteiger partial charge is 0.243 e. The summed E-state index contributed by atoms with van der Waals surface area (Å²) in [6, 6.07) is 12.1. The number of nitrogens with two attached hydrogens (primary N) is 1. The predicted molar refractivity (Wildman–Crippen MR) is 147 cm³/mol. The fourth-order valence-corrected chi connectivity index (χ4v) is 5.14. The fraction of sp³-hybridized carbons (Fsp3) is 0.567. The van der Waals surface area contributed by atoms with Gasteiger partial charge in [-0.05, 0) is 57.2 Å². The molecule has 1 aliphatic heterocycles. The summed E-state index contributed by atoms with van der Waals surface area (Å²) < 4.78 is 35.2. The van der Waals surface area contributed by atoms with Gasteiger partial charge in [0.05, 0.1) is 38.9 Å². The highest BCUT2D eigenvalue weighted by Gasteiger charge is 2.42. The minimum absolute atomic E-state index is 0.0338. The topological polar surface area (TPSA) is 105 Å². The number of para-hydroxylation sites is 2. The second-order valence-corrected chi connectivity index (χ2v) is 9.58. The van der Waals surface area contributed by atoms with E-state index in [-0.39, 0.29) is 12.0 Å². The molecule has 0 saturated carbocycles. The fourth-order valence-electron chi connectivity index (χ4n) is 5.14. The lowest BCUT2D eigenvalue weighted by Crippen LogP contribution is -2.34. The SMILES string of the molecule is CCOc1cc(C(C#N)(CCCC(N)CC2Oc3ccccc3O2)C(C)CC)c(OCC)c(OC)c1OC. The van der Waals surface area contributed by atoms with Crippen molar-refractivity contribution in [2.45, 2.75) is 77.5 Å². The number of ether oxygens (including phenoxy) is 6. The summed E-state index contributed by atoms with van der Waals surface area (Å²) in [6.07, 6.45) is 3.03. The van der Waals surface area contributed by atoms with Crippen molar-refractivity contribution in [3.05, 3.63) is 35.9 Å². The minimum atomic E-state index is -0.846. The van der Waals surface area contributed by atoms with E-state index in [4.69, 9.17) is 34.2 Å². The zero-order valence-electron chi connectivity index (χ0n) is 23.5. The van der Waals surface area contributed by atoms with Gasteiger partial charge in [0, 0.05) is 18.0 Å². The summed E-state index contributed by atoms with van der Waals surface area (Å²) in [4.78, 5) is 0. The first-order valence-electron chi connectivity index (χ1n) is 13.5. The Hall–Kier alpha value is -3.31. The van der Waals surface area contributed by atoms with Crippen LogP contribution in [0.25, 0.3) is 0 Å². The highest BCUT2D eigenvalue weighted by molar-refractivity contribution is 5.65. The molecule has 1 heterocycles. The van der Waals surface area contributed by atoms with E-state index in [0.29, 0.717) is 49.1 Å². The van der Waals surface area contributed by atoms with Gasteiger partial charge in [-0.2, -0.15) is 5.26 Å². The van der Waals surface area contributed by atoms with Crippen molar-refractivity contribution >= 4 is 0 Å². The van der Waals surface area contributed by atoms with E-state index in [1.54, 1.807) is 14.2 Å². The van der Waals surface area contributed by atoms with Crippen molar-refractivity contribution in [2.75, 3.05) is 27.4 Å². The number of fused-ring (bicyclic) bond motifs is 1. The molecule has 0 bridgehead atoms. The summed E-state index contributed by atoms with van der Waals surface area (Å²) in [6.45, 7) is 8.88. The average molecular weight is 527 g/mol. The molecule has 2 aromatic rings. The number of benzene rings is 2. The Morgan fingerprint density at radius 3 is 2.16 bits per heavy atom. The maximum absolute atomic E-state index is 10.7. The van der Waals surface area contributed by atoms with Crippen molar-refractivity contribution in [1.29, 1.82) is 5.26 Å². The molecule has 0 amide bonds. The Balaban J connectivity index is 1.87. The number of methoxy groups -OCH3 is 2. The van der Waals surface area contributed by atoms with Crippen LogP contribution in [0.15, 0.2) is 30.3 Å². The molecule has 0 aliphatic carbocycles. The minimum Gasteiger partial charge on any atom is -0.490 e. The van der Waals surface area contributed by atoms with Crippen molar-refractivity contribution in [3.63, 3.8) is 0 Å². The molecule has 0 radical (unpaired) electrons. The summed E-state index contributed by atoms with van der Waals surface area (Å²) in [5.74, 6) is 3.46. The number of rotatable bonds is 15. The first-order chi connectivity index (χ1) is 18.4. The van der Waals surface area contributed by atoms with Crippen LogP contribution >= 0.6 is 0 Å². The van der Waals surface area contributed by atoms with Gasteiger partial charge in [-0.15, -0.1) is 0 Å². The van der Waals surface area contributed by atoms with Crippen LogP contribution in [-0.2, 0) is 5.41 Å². The van der Waals surface area contributed by atoms with Gasteiger partial charge in [0.2, 0.25) is 17.8 Å². The number of nitriles is 1. The van der Waals surface area contributed by atoms with Crippen LogP contribution in [0.3, 0.4) is 0 Å². The molecule has 0 spiro atoms. The first kappa shape index (κ1) is 29.2. The van der Waals surface area contributed by atoms with Crippen LogP contribution < -0.4 is 34.2 Å². The molecule has 8 heteroatoms. The van der Waals surface area contributed by atoms with Crippen LogP contribution in [0.4, 0.5) is 0 Å². The van der Waals surface area contributed by atoms with Gasteiger partial charge in [-0.25, -0.2) is 0 Å².